The molecule has 0 saturated carbocycles. The van der Waals surface area contributed by atoms with Crippen LogP contribution in [0.4, 0.5) is 0 Å². The number of rotatable bonds is 6. The summed E-state index contributed by atoms with van der Waals surface area (Å²) < 4.78 is 0. The van der Waals surface area contributed by atoms with E-state index >= 15 is 0 Å². The number of carboxylic acid groups (broad SMARTS) is 1. The van der Waals surface area contributed by atoms with Gasteiger partial charge in [0.1, 0.15) is 0 Å². The minimum atomic E-state index is -0.836. The summed E-state index contributed by atoms with van der Waals surface area (Å²) in [5.74, 6) is -1.04. The summed E-state index contributed by atoms with van der Waals surface area (Å²) in [4.78, 5) is 23.2. The van der Waals surface area contributed by atoms with Crippen LogP contribution in [0.2, 0.25) is 0 Å². The van der Waals surface area contributed by atoms with Crippen molar-refractivity contribution in [3.8, 4) is 0 Å². The molecule has 25 heavy (non-hydrogen) atoms. The van der Waals surface area contributed by atoms with Gasteiger partial charge in [-0.15, -0.1) is 0 Å². The predicted octanol–water partition coefficient (Wildman–Crippen LogP) is 2.34. The van der Waals surface area contributed by atoms with Gasteiger partial charge in [0, 0.05) is 24.5 Å². The summed E-state index contributed by atoms with van der Waals surface area (Å²) in [7, 11) is 0. The number of hydrogen-bond donors (Lipinski definition) is 3. The smallest absolute Gasteiger partial charge is 0.303 e. The van der Waals surface area contributed by atoms with Gasteiger partial charge in [-0.05, 0) is 41.7 Å². The van der Waals surface area contributed by atoms with Gasteiger partial charge in [0.25, 0.3) is 5.91 Å². The van der Waals surface area contributed by atoms with Crippen molar-refractivity contribution in [2.75, 3.05) is 6.61 Å². The highest BCUT2D eigenvalue weighted by Gasteiger charge is 2.32. The molecule has 2 aromatic rings. The van der Waals surface area contributed by atoms with Gasteiger partial charge in [-0.25, -0.2) is 0 Å². The molecule has 0 bridgehead atoms. The van der Waals surface area contributed by atoms with Gasteiger partial charge in [-0.2, -0.15) is 0 Å². The molecule has 0 aromatic heterocycles. The second kappa shape index (κ2) is 7.49. The van der Waals surface area contributed by atoms with Crippen LogP contribution < -0.4 is 5.32 Å². The van der Waals surface area contributed by atoms with Gasteiger partial charge in [-0.1, -0.05) is 36.4 Å². The van der Waals surface area contributed by atoms with Crippen LogP contribution in [-0.4, -0.2) is 28.7 Å². The van der Waals surface area contributed by atoms with E-state index in [0.717, 1.165) is 23.1 Å². The van der Waals surface area contributed by atoms with Crippen molar-refractivity contribution in [3.05, 3.63) is 70.8 Å². The summed E-state index contributed by atoms with van der Waals surface area (Å²) in [6.07, 6.45) is 1.27. The first-order valence-corrected chi connectivity index (χ1v) is 8.38. The molecule has 0 spiro atoms. The number of carbonyl (C=O) groups excluding carboxylic acids is 1. The standard InChI is InChI=1S/C20H21NO4/c22-12-16-11-15-3-1-2-4-17(15)19(16)21-20(25)14-8-5-13(6-9-14)7-10-18(23)24/h1-6,8-9,16,19,22H,7,10-12H2,(H,21,25)(H,23,24)/t16-,19+/m0/s1. The summed E-state index contributed by atoms with van der Waals surface area (Å²) in [5, 5.41) is 21.4. The average Bonchev–Trinajstić information content (AvgIpc) is 2.98. The quantitative estimate of drug-likeness (QED) is 0.754. The molecule has 1 aliphatic carbocycles. The second-order valence-corrected chi connectivity index (χ2v) is 6.39. The van der Waals surface area contributed by atoms with Crippen molar-refractivity contribution < 1.29 is 19.8 Å². The predicted molar refractivity (Wildman–Crippen MR) is 93.3 cm³/mol. The molecule has 130 valence electrons. The molecular weight excluding hydrogens is 318 g/mol. The van der Waals surface area contributed by atoms with E-state index in [2.05, 4.69) is 5.32 Å². The monoisotopic (exact) mass is 339 g/mol. The van der Waals surface area contributed by atoms with E-state index in [9.17, 15) is 14.7 Å². The highest BCUT2D eigenvalue weighted by atomic mass is 16.4. The lowest BCUT2D eigenvalue weighted by Crippen LogP contribution is -2.32. The van der Waals surface area contributed by atoms with E-state index in [1.807, 2.05) is 24.3 Å². The van der Waals surface area contributed by atoms with E-state index in [-0.39, 0.29) is 30.9 Å². The molecule has 0 saturated heterocycles. The molecule has 0 heterocycles. The molecule has 3 rings (SSSR count). The average molecular weight is 339 g/mol. The normalized spacial score (nSPS) is 18.6. The summed E-state index contributed by atoms with van der Waals surface area (Å²) in [6.45, 7) is 0.0216. The molecule has 0 aliphatic heterocycles. The third-order valence-corrected chi connectivity index (χ3v) is 4.71. The van der Waals surface area contributed by atoms with Crippen LogP contribution >= 0.6 is 0 Å². The van der Waals surface area contributed by atoms with E-state index in [1.165, 1.54) is 0 Å². The van der Waals surface area contributed by atoms with Gasteiger partial charge in [0.15, 0.2) is 0 Å². The Morgan fingerprint density at radius 1 is 1.08 bits per heavy atom. The Labute approximate surface area is 146 Å². The number of aliphatic hydroxyl groups is 1. The number of hydrogen-bond acceptors (Lipinski definition) is 3. The SMILES string of the molecule is O=C(O)CCc1ccc(C(=O)N[C@H]2c3ccccc3C[C@H]2CO)cc1. The molecule has 5 nitrogen and oxygen atoms in total. The first-order valence-electron chi connectivity index (χ1n) is 8.38. The molecule has 3 N–H and O–H groups in total. The highest BCUT2D eigenvalue weighted by molar-refractivity contribution is 5.94. The lowest BCUT2D eigenvalue weighted by atomic mass is 10.0. The number of carboxylic acids is 1. The van der Waals surface area contributed by atoms with E-state index in [0.29, 0.717) is 12.0 Å². The Hall–Kier alpha value is -2.66. The fourth-order valence-corrected chi connectivity index (χ4v) is 3.34. The number of fused-ring (bicyclic) bond motifs is 1. The van der Waals surface area contributed by atoms with Crippen molar-refractivity contribution in [2.24, 2.45) is 5.92 Å². The number of carbonyl (C=O) groups is 2. The Kier molecular flexibility index (Phi) is 5.14. The number of aryl methyl sites for hydroxylation is 1. The second-order valence-electron chi connectivity index (χ2n) is 6.39. The van der Waals surface area contributed by atoms with Crippen molar-refractivity contribution in [2.45, 2.75) is 25.3 Å². The van der Waals surface area contributed by atoms with Crippen molar-refractivity contribution >= 4 is 11.9 Å². The molecule has 0 fully saturated rings. The Morgan fingerprint density at radius 2 is 1.80 bits per heavy atom. The maximum Gasteiger partial charge on any atom is 0.303 e. The van der Waals surface area contributed by atoms with Crippen LogP contribution in [0.5, 0.6) is 0 Å². The molecule has 1 aliphatic rings. The van der Waals surface area contributed by atoms with Crippen LogP contribution in [-0.2, 0) is 17.6 Å². The molecular formula is C20H21NO4. The molecule has 5 heteroatoms. The fraction of sp³-hybridized carbons (Fsp3) is 0.300. The zero-order valence-corrected chi connectivity index (χ0v) is 13.8. The number of nitrogens with one attached hydrogen (secondary N) is 1. The first kappa shape index (κ1) is 17.2. The van der Waals surface area contributed by atoms with E-state index in [4.69, 9.17) is 5.11 Å². The third-order valence-electron chi connectivity index (χ3n) is 4.71. The van der Waals surface area contributed by atoms with Crippen LogP contribution in [0.25, 0.3) is 0 Å². The maximum absolute atomic E-state index is 12.6. The molecule has 0 unspecified atom stereocenters. The highest BCUT2D eigenvalue weighted by Crippen LogP contribution is 2.35. The number of benzene rings is 2. The van der Waals surface area contributed by atoms with Crippen LogP contribution in [0.3, 0.4) is 0 Å². The number of aliphatic carboxylic acids is 1. The summed E-state index contributed by atoms with van der Waals surface area (Å²) in [5.41, 5.74) is 3.64. The van der Waals surface area contributed by atoms with Crippen LogP contribution in [0.15, 0.2) is 48.5 Å². The first-order chi connectivity index (χ1) is 12.1. The zero-order chi connectivity index (χ0) is 17.8. The van der Waals surface area contributed by atoms with Gasteiger partial charge in [0.05, 0.1) is 6.04 Å². The number of amides is 1. The summed E-state index contributed by atoms with van der Waals surface area (Å²) >= 11 is 0. The largest absolute Gasteiger partial charge is 0.481 e. The minimum Gasteiger partial charge on any atom is -0.481 e. The molecule has 2 aromatic carbocycles. The lowest BCUT2D eigenvalue weighted by Gasteiger charge is -2.20. The maximum atomic E-state index is 12.6. The fourth-order valence-electron chi connectivity index (χ4n) is 3.34. The van der Waals surface area contributed by atoms with Gasteiger partial charge >= 0.3 is 5.97 Å². The summed E-state index contributed by atoms with van der Waals surface area (Å²) in [6, 6.07) is 14.7. The van der Waals surface area contributed by atoms with Crippen molar-refractivity contribution in [3.63, 3.8) is 0 Å². The molecule has 1 amide bonds. The Bertz CT molecular complexity index is 770. The minimum absolute atomic E-state index is 0.0174. The van der Waals surface area contributed by atoms with Gasteiger partial charge in [0.2, 0.25) is 0 Å². The Morgan fingerprint density at radius 3 is 2.48 bits per heavy atom. The molecule has 0 radical (unpaired) electrons. The Balaban J connectivity index is 1.70. The van der Waals surface area contributed by atoms with Crippen LogP contribution in [0, 0.1) is 5.92 Å². The van der Waals surface area contributed by atoms with Crippen molar-refractivity contribution in [1.82, 2.24) is 5.32 Å². The van der Waals surface area contributed by atoms with Crippen LogP contribution in [0.1, 0.15) is 39.5 Å². The third kappa shape index (κ3) is 3.88. The lowest BCUT2D eigenvalue weighted by molar-refractivity contribution is -0.136. The zero-order valence-electron chi connectivity index (χ0n) is 13.8. The van der Waals surface area contributed by atoms with Gasteiger partial charge < -0.3 is 15.5 Å². The topological polar surface area (TPSA) is 86.6 Å². The van der Waals surface area contributed by atoms with Gasteiger partial charge in [-0.3, -0.25) is 9.59 Å². The number of aliphatic hydroxyl groups excluding tert-OH is 1. The van der Waals surface area contributed by atoms with E-state index < -0.39 is 5.97 Å². The molecule has 2 atom stereocenters. The van der Waals surface area contributed by atoms with E-state index in [1.54, 1.807) is 24.3 Å². The van der Waals surface area contributed by atoms with Crippen molar-refractivity contribution in [1.29, 1.82) is 0 Å².